The van der Waals surface area contributed by atoms with E-state index in [0.29, 0.717) is 10.9 Å². The third-order valence-electron chi connectivity index (χ3n) is 2.87. The van der Waals surface area contributed by atoms with Gasteiger partial charge in [0, 0.05) is 16.5 Å². The molecular weight excluding hydrogens is 196 g/mol. The van der Waals surface area contributed by atoms with Gasteiger partial charge in [-0.1, -0.05) is 18.5 Å². The molecule has 1 atom stereocenters. The maximum Gasteiger partial charge on any atom is 0.165 e. The van der Waals surface area contributed by atoms with Gasteiger partial charge in [0.2, 0.25) is 0 Å². The predicted molar refractivity (Wildman–Crippen MR) is 57.7 cm³/mol. The summed E-state index contributed by atoms with van der Waals surface area (Å²) in [6, 6.07) is 7.16. The van der Waals surface area contributed by atoms with Crippen LogP contribution in [-0.2, 0) is 0 Å². The smallest absolute Gasteiger partial charge is 0.165 e. The maximum absolute atomic E-state index is 11.9. The number of ketones is 1. The molecule has 1 nitrogen and oxygen atoms in total. The highest BCUT2D eigenvalue weighted by Gasteiger charge is 2.32. The molecule has 2 heteroatoms. The topological polar surface area (TPSA) is 17.1 Å². The Morgan fingerprint density at radius 1 is 1.36 bits per heavy atom. The molecule has 1 aromatic carbocycles. The van der Waals surface area contributed by atoms with Crippen LogP contribution in [0.2, 0.25) is 5.02 Å². The molecular formula is C12H13ClO. The van der Waals surface area contributed by atoms with E-state index in [1.807, 2.05) is 19.1 Å². The van der Waals surface area contributed by atoms with Gasteiger partial charge < -0.3 is 0 Å². The van der Waals surface area contributed by atoms with Crippen LogP contribution in [0.25, 0.3) is 0 Å². The van der Waals surface area contributed by atoms with Gasteiger partial charge in [-0.2, -0.15) is 0 Å². The summed E-state index contributed by atoms with van der Waals surface area (Å²) in [6.07, 6.45) is 2.42. The first-order chi connectivity index (χ1) is 6.68. The highest BCUT2D eigenvalue weighted by Crippen LogP contribution is 2.38. The molecule has 1 aliphatic rings. The van der Waals surface area contributed by atoms with Gasteiger partial charge >= 0.3 is 0 Å². The van der Waals surface area contributed by atoms with E-state index in [0.717, 1.165) is 5.56 Å². The fraction of sp³-hybridized carbons (Fsp3) is 0.417. The van der Waals surface area contributed by atoms with Crippen LogP contribution >= 0.6 is 11.6 Å². The van der Waals surface area contributed by atoms with Crippen molar-refractivity contribution in [2.45, 2.75) is 19.8 Å². The van der Waals surface area contributed by atoms with Crippen LogP contribution in [0.15, 0.2) is 24.3 Å². The van der Waals surface area contributed by atoms with Gasteiger partial charge in [0.1, 0.15) is 0 Å². The fourth-order valence-corrected chi connectivity index (χ4v) is 1.81. The Morgan fingerprint density at radius 3 is 2.43 bits per heavy atom. The molecule has 14 heavy (non-hydrogen) atoms. The van der Waals surface area contributed by atoms with Crippen molar-refractivity contribution in [1.29, 1.82) is 0 Å². The van der Waals surface area contributed by atoms with Crippen molar-refractivity contribution in [2.24, 2.45) is 11.8 Å². The monoisotopic (exact) mass is 208 g/mol. The van der Waals surface area contributed by atoms with Crippen LogP contribution in [-0.4, -0.2) is 5.78 Å². The summed E-state index contributed by atoms with van der Waals surface area (Å²) in [7, 11) is 0. The Kier molecular flexibility index (Phi) is 2.60. The number of hydrogen-bond donors (Lipinski definition) is 0. The molecule has 0 spiro atoms. The number of Topliss-reactive ketones (excluding diaryl/α,β-unsaturated/α-hetero) is 1. The van der Waals surface area contributed by atoms with Gasteiger partial charge in [0.15, 0.2) is 5.78 Å². The molecule has 0 radical (unpaired) electrons. The lowest BCUT2D eigenvalue weighted by Gasteiger charge is -2.08. The lowest BCUT2D eigenvalue weighted by atomic mass is 9.95. The van der Waals surface area contributed by atoms with Crippen molar-refractivity contribution in [3.8, 4) is 0 Å². The van der Waals surface area contributed by atoms with Crippen molar-refractivity contribution in [3.05, 3.63) is 34.9 Å². The molecule has 0 saturated heterocycles. The fourth-order valence-electron chi connectivity index (χ4n) is 1.69. The van der Waals surface area contributed by atoms with Crippen LogP contribution in [0.4, 0.5) is 0 Å². The van der Waals surface area contributed by atoms with Gasteiger partial charge in [0.05, 0.1) is 0 Å². The Labute approximate surface area is 89.1 Å². The van der Waals surface area contributed by atoms with Crippen molar-refractivity contribution >= 4 is 17.4 Å². The molecule has 1 fully saturated rings. The van der Waals surface area contributed by atoms with Crippen LogP contribution in [0, 0.1) is 11.8 Å². The van der Waals surface area contributed by atoms with Crippen LogP contribution < -0.4 is 0 Å². The Morgan fingerprint density at radius 2 is 1.93 bits per heavy atom. The average Bonchev–Trinajstić information content (AvgIpc) is 3.00. The SMILES string of the molecule is C[C@H](C(=O)c1ccc(Cl)cc1)C1CC1. The summed E-state index contributed by atoms with van der Waals surface area (Å²) >= 11 is 5.76. The molecule has 0 unspecified atom stereocenters. The van der Waals surface area contributed by atoms with Gasteiger partial charge in [-0.15, -0.1) is 0 Å². The highest BCUT2D eigenvalue weighted by atomic mass is 35.5. The Balaban J connectivity index is 2.13. The minimum absolute atomic E-state index is 0.177. The van der Waals surface area contributed by atoms with E-state index in [2.05, 4.69) is 0 Å². The molecule has 0 bridgehead atoms. The van der Waals surface area contributed by atoms with Gasteiger partial charge in [-0.25, -0.2) is 0 Å². The van der Waals surface area contributed by atoms with Crippen LogP contribution in [0.1, 0.15) is 30.1 Å². The third kappa shape index (κ3) is 1.98. The van der Waals surface area contributed by atoms with Crippen LogP contribution in [0.5, 0.6) is 0 Å². The quantitative estimate of drug-likeness (QED) is 0.695. The number of hydrogen-bond acceptors (Lipinski definition) is 1. The zero-order valence-electron chi connectivity index (χ0n) is 8.16. The second-order valence-electron chi connectivity index (χ2n) is 4.00. The molecule has 0 aromatic heterocycles. The minimum atomic E-state index is 0.177. The van der Waals surface area contributed by atoms with Crippen molar-refractivity contribution in [3.63, 3.8) is 0 Å². The van der Waals surface area contributed by atoms with Gasteiger partial charge in [0.25, 0.3) is 0 Å². The van der Waals surface area contributed by atoms with E-state index >= 15 is 0 Å². The minimum Gasteiger partial charge on any atom is -0.294 e. The number of carbonyl (C=O) groups excluding carboxylic acids is 1. The van der Waals surface area contributed by atoms with Gasteiger partial charge in [-0.3, -0.25) is 4.79 Å². The van der Waals surface area contributed by atoms with Crippen molar-refractivity contribution < 1.29 is 4.79 Å². The average molecular weight is 209 g/mol. The normalized spacial score (nSPS) is 17.9. The number of rotatable bonds is 3. The first kappa shape index (κ1) is 9.72. The summed E-state index contributed by atoms with van der Waals surface area (Å²) in [4.78, 5) is 11.9. The van der Waals surface area contributed by atoms with E-state index in [1.54, 1.807) is 12.1 Å². The lowest BCUT2D eigenvalue weighted by molar-refractivity contribution is 0.0916. The number of benzene rings is 1. The molecule has 74 valence electrons. The second-order valence-corrected chi connectivity index (χ2v) is 4.43. The summed E-state index contributed by atoms with van der Waals surface area (Å²) in [5.41, 5.74) is 0.786. The molecule has 0 aliphatic heterocycles. The van der Waals surface area contributed by atoms with E-state index < -0.39 is 0 Å². The van der Waals surface area contributed by atoms with E-state index in [1.165, 1.54) is 12.8 Å². The molecule has 0 amide bonds. The maximum atomic E-state index is 11.9. The number of carbonyl (C=O) groups is 1. The zero-order valence-corrected chi connectivity index (χ0v) is 8.92. The molecule has 1 aromatic rings. The standard InChI is InChI=1S/C12H13ClO/c1-8(9-2-3-9)12(14)10-4-6-11(13)7-5-10/h4-9H,2-3H2,1H3/t8-/m0/s1. The zero-order chi connectivity index (χ0) is 10.1. The largest absolute Gasteiger partial charge is 0.294 e. The molecule has 0 heterocycles. The highest BCUT2D eigenvalue weighted by molar-refractivity contribution is 6.30. The molecule has 2 rings (SSSR count). The molecule has 1 aliphatic carbocycles. The third-order valence-corrected chi connectivity index (χ3v) is 3.12. The van der Waals surface area contributed by atoms with Crippen LogP contribution in [0.3, 0.4) is 0 Å². The number of halogens is 1. The first-order valence-electron chi connectivity index (χ1n) is 4.98. The van der Waals surface area contributed by atoms with Gasteiger partial charge in [-0.05, 0) is 43.0 Å². The van der Waals surface area contributed by atoms with E-state index in [-0.39, 0.29) is 11.7 Å². The van der Waals surface area contributed by atoms with E-state index in [4.69, 9.17) is 11.6 Å². The summed E-state index contributed by atoms with van der Waals surface area (Å²) in [6.45, 7) is 2.02. The Bertz CT molecular complexity index is 338. The molecule has 0 N–H and O–H groups in total. The van der Waals surface area contributed by atoms with Crippen molar-refractivity contribution in [2.75, 3.05) is 0 Å². The summed E-state index contributed by atoms with van der Waals surface area (Å²) in [5, 5.41) is 0.681. The Hall–Kier alpha value is -0.820. The lowest BCUT2D eigenvalue weighted by Crippen LogP contribution is -2.12. The van der Waals surface area contributed by atoms with E-state index in [9.17, 15) is 4.79 Å². The summed E-state index contributed by atoms with van der Waals surface area (Å²) < 4.78 is 0. The first-order valence-corrected chi connectivity index (χ1v) is 5.36. The predicted octanol–water partition coefficient (Wildman–Crippen LogP) is 3.57. The van der Waals surface area contributed by atoms with Crippen molar-refractivity contribution in [1.82, 2.24) is 0 Å². The molecule has 1 saturated carbocycles. The second kappa shape index (κ2) is 3.74. The summed E-state index contributed by atoms with van der Waals surface area (Å²) in [5.74, 6) is 1.05.